The van der Waals surface area contributed by atoms with Crippen molar-refractivity contribution in [1.82, 2.24) is 0 Å². The first kappa shape index (κ1) is 13.1. The highest BCUT2D eigenvalue weighted by Gasteiger charge is 2.43. The van der Waals surface area contributed by atoms with Gasteiger partial charge in [0.25, 0.3) is 0 Å². The fourth-order valence-corrected chi connectivity index (χ4v) is 2.94. The molecule has 1 fully saturated rings. The summed E-state index contributed by atoms with van der Waals surface area (Å²) in [5.74, 6) is -0.718. The Morgan fingerprint density at radius 2 is 2.28 bits per heavy atom. The molecule has 0 amide bonds. The second-order valence-electron chi connectivity index (χ2n) is 4.19. The third-order valence-corrected chi connectivity index (χ3v) is 4.06. The number of ether oxygens (including phenoxy) is 1. The second kappa shape index (κ2) is 4.71. The number of hydrogen-bond acceptors (Lipinski definition) is 4. The highest BCUT2D eigenvalue weighted by molar-refractivity contribution is 9.10. The van der Waals surface area contributed by atoms with Crippen LogP contribution in [0.3, 0.4) is 0 Å². The van der Waals surface area contributed by atoms with Crippen LogP contribution in [0.25, 0.3) is 0 Å². The largest absolute Gasteiger partial charge is 0.503 e. The van der Waals surface area contributed by atoms with E-state index in [1.54, 1.807) is 0 Å². The lowest BCUT2D eigenvalue weighted by molar-refractivity contribution is 0.244. The Bertz CT molecular complexity index is 537. The Morgan fingerprint density at radius 3 is 2.72 bits per heavy atom. The maximum atomic E-state index is 14.1. The molecule has 0 spiro atoms. The molecular formula is C12H11BrFNO3. The lowest BCUT2D eigenvalue weighted by Gasteiger charge is -2.38. The number of aromatic hydroxyl groups is 1. The molecule has 0 unspecified atom stereocenters. The number of phenolic OH excluding ortho intramolecular Hbond substituents is 1. The van der Waals surface area contributed by atoms with Crippen LogP contribution in [0, 0.1) is 5.82 Å². The van der Waals surface area contributed by atoms with E-state index in [0.29, 0.717) is 12.8 Å². The first-order chi connectivity index (χ1) is 8.55. The van der Waals surface area contributed by atoms with Crippen LogP contribution in [0.1, 0.15) is 24.8 Å². The van der Waals surface area contributed by atoms with E-state index in [1.807, 2.05) is 0 Å². The van der Waals surface area contributed by atoms with Gasteiger partial charge in [-0.3, -0.25) is 0 Å². The lowest BCUT2D eigenvalue weighted by Crippen LogP contribution is -2.33. The van der Waals surface area contributed by atoms with Crippen molar-refractivity contribution < 1.29 is 19.0 Å². The van der Waals surface area contributed by atoms with Gasteiger partial charge in [0.1, 0.15) is 11.4 Å². The number of methoxy groups -OCH3 is 1. The first-order valence-electron chi connectivity index (χ1n) is 5.40. The summed E-state index contributed by atoms with van der Waals surface area (Å²) in [7, 11) is 1.34. The zero-order valence-electron chi connectivity index (χ0n) is 9.67. The average Bonchev–Trinajstić information content (AvgIpc) is 2.30. The highest BCUT2D eigenvalue weighted by Crippen LogP contribution is 2.51. The molecule has 0 aromatic heterocycles. The molecule has 6 heteroatoms. The Balaban J connectivity index is 2.64. The van der Waals surface area contributed by atoms with Crippen LogP contribution in [0.15, 0.2) is 15.5 Å². The van der Waals surface area contributed by atoms with Gasteiger partial charge in [0.05, 0.1) is 11.6 Å². The second-order valence-corrected chi connectivity index (χ2v) is 4.98. The minimum atomic E-state index is -0.908. The van der Waals surface area contributed by atoms with Gasteiger partial charge >= 0.3 is 0 Å². The van der Waals surface area contributed by atoms with Crippen molar-refractivity contribution in [3.63, 3.8) is 0 Å². The van der Waals surface area contributed by atoms with Crippen molar-refractivity contribution in [2.75, 3.05) is 7.11 Å². The Morgan fingerprint density at radius 1 is 1.61 bits per heavy atom. The number of isocyanates is 1. The van der Waals surface area contributed by atoms with E-state index in [-0.39, 0.29) is 21.5 Å². The van der Waals surface area contributed by atoms with Gasteiger partial charge in [0.15, 0.2) is 11.5 Å². The van der Waals surface area contributed by atoms with Crippen LogP contribution in [0.4, 0.5) is 4.39 Å². The molecule has 0 saturated heterocycles. The fraction of sp³-hybridized carbons (Fsp3) is 0.417. The number of phenols is 1. The summed E-state index contributed by atoms with van der Waals surface area (Å²) in [6.07, 6.45) is 3.46. The summed E-state index contributed by atoms with van der Waals surface area (Å²) in [6.45, 7) is 0. The third-order valence-electron chi connectivity index (χ3n) is 3.28. The molecule has 1 saturated carbocycles. The summed E-state index contributed by atoms with van der Waals surface area (Å²) in [5, 5.41) is 9.88. The highest BCUT2D eigenvalue weighted by atomic mass is 79.9. The number of nitrogens with zero attached hydrogens (tertiary/aromatic N) is 1. The summed E-state index contributed by atoms with van der Waals surface area (Å²) in [6, 6.07) is 1.09. The maximum Gasteiger partial charge on any atom is 0.235 e. The molecule has 1 aliphatic carbocycles. The molecule has 0 aliphatic heterocycles. The predicted molar refractivity (Wildman–Crippen MR) is 66.0 cm³/mol. The molecule has 18 heavy (non-hydrogen) atoms. The molecule has 1 aromatic carbocycles. The van der Waals surface area contributed by atoms with Crippen LogP contribution < -0.4 is 4.74 Å². The first-order valence-corrected chi connectivity index (χ1v) is 6.19. The molecule has 1 aromatic rings. The van der Waals surface area contributed by atoms with Crippen LogP contribution >= 0.6 is 15.9 Å². The van der Waals surface area contributed by atoms with Gasteiger partial charge in [-0.2, -0.15) is 4.99 Å². The monoisotopic (exact) mass is 315 g/mol. The van der Waals surface area contributed by atoms with Crippen molar-refractivity contribution in [2.24, 2.45) is 4.99 Å². The zero-order chi connectivity index (χ0) is 13.3. The molecule has 1 aliphatic rings. The van der Waals surface area contributed by atoms with Gasteiger partial charge in [0, 0.05) is 11.6 Å². The SMILES string of the molecule is COc1cc(F)c(C2(N=C=O)CCC2)c(Br)c1O. The molecule has 96 valence electrons. The number of halogens is 2. The quantitative estimate of drug-likeness (QED) is 0.689. The summed E-state index contributed by atoms with van der Waals surface area (Å²) in [5.41, 5.74) is -0.718. The van der Waals surface area contributed by atoms with Crippen LogP contribution in [0.2, 0.25) is 0 Å². The molecule has 0 bridgehead atoms. The van der Waals surface area contributed by atoms with Crippen molar-refractivity contribution in [1.29, 1.82) is 0 Å². The molecule has 0 atom stereocenters. The summed E-state index contributed by atoms with van der Waals surface area (Å²) < 4.78 is 19.1. The normalized spacial score (nSPS) is 16.6. The Kier molecular flexibility index (Phi) is 3.41. The topological polar surface area (TPSA) is 58.9 Å². The van der Waals surface area contributed by atoms with Crippen LogP contribution in [-0.4, -0.2) is 18.3 Å². The van der Waals surface area contributed by atoms with Crippen molar-refractivity contribution in [3.05, 3.63) is 21.9 Å². The standard InChI is InChI=1S/C12H11BrFNO3/c1-18-8-5-7(14)9(10(13)11(8)17)12(15-6-16)3-2-4-12/h5,17H,2-4H2,1H3. The third kappa shape index (κ3) is 1.82. The summed E-state index contributed by atoms with van der Waals surface area (Å²) >= 11 is 3.14. The molecule has 0 radical (unpaired) electrons. The van der Waals surface area contributed by atoms with E-state index in [0.717, 1.165) is 12.5 Å². The molecule has 0 heterocycles. The van der Waals surface area contributed by atoms with Crippen molar-refractivity contribution >= 4 is 22.0 Å². The van der Waals surface area contributed by atoms with E-state index in [2.05, 4.69) is 20.9 Å². The van der Waals surface area contributed by atoms with Crippen LogP contribution in [-0.2, 0) is 10.3 Å². The van der Waals surface area contributed by atoms with Gasteiger partial charge in [-0.15, -0.1) is 0 Å². The van der Waals surface area contributed by atoms with E-state index >= 15 is 0 Å². The molecule has 4 nitrogen and oxygen atoms in total. The van der Waals surface area contributed by atoms with Gasteiger partial charge in [-0.1, -0.05) is 0 Å². The molecule has 1 N–H and O–H groups in total. The van der Waals surface area contributed by atoms with E-state index in [4.69, 9.17) is 4.74 Å². The van der Waals surface area contributed by atoms with Gasteiger partial charge in [-0.25, -0.2) is 9.18 Å². The van der Waals surface area contributed by atoms with Gasteiger partial charge in [0.2, 0.25) is 6.08 Å². The van der Waals surface area contributed by atoms with E-state index < -0.39 is 11.4 Å². The van der Waals surface area contributed by atoms with Crippen LogP contribution in [0.5, 0.6) is 11.5 Å². The molecule has 2 rings (SSSR count). The van der Waals surface area contributed by atoms with E-state index in [1.165, 1.54) is 13.2 Å². The molecular weight excluding hydrogens is 305 g/mol. The lowest BCUT2D eigenvalue weighted by atomic mass is 9.72. The minimum absolute atomic E-state index is 0.0349. The van der Waals surface area contributed by atoms with Crippen molar-refractivity contribution in [3.8, 4) is 11.5 Å². The van der Waals surface area contributed by atoms with Gasteiger partial charge < -0.3 is 9.84 Å². The minimum Gasteiger partial charge on any atom is -0.503 e. The number of hydrogen-bond donors (Lipinski definition) is 1. The number of rotatable bonds is 3. The van der Waals surface area contributed by atoms with Gasteiger partial charge in [-0.05, 0) is 35.2 Å². The van der Waals surface area contributed by atoms with Crippen molar-refractivity contribution in [2.45, 2.75) is 24.8 Å². The average molecular weight is 316 g/mol. The summed E-state index contributed by atoms with van der Waals surface area (Å²) in [4.78, 5) is 14.2. The number of carbonyl (C=O) groups excluding carboxylic acids is 1. The predicted octanol–water partition coefficient (Wildman–Crippen LogP) is 3.02. The number of aliphatic imine (C=N–C) groups is 1. The zero-order valence-corrected chi connectivity index (χ0v) is 11.3. The number of benzene rings is 1. The van der Waals surface area contributed by atoms with E-state index in [9.17, 15) is 14.3 Å². The Labute approximate surface area is 112 Å². The maximum absolute atomic E-state index is 14.1. The fourth-order valence-electron chi connectivity index (χ4n) is 2.19. The Hall–Kier alpha value is -1.39. The smallest absolute Gasteiger partial charge is 0.235 e.